The number of carbonyl (C=O) groups is 3. The van der Waals surface area contributed by atoms with E-state index in [2.05, 4.69) is 15.9 Å². The summed E-state index contributed by atoms with van der Waals surface area (Å²) in [5.41, 5.74) is 0.930. The van der Waals surface area contributed by atoms with Gasteiger partial charge in [0.15, 0.2) is 23.8 Å². The number of amides is 2. The number of hydrogen-bond donors (Lipinski definition) is 2. The van der Waals surface area contributed by atoms with Crippen LogP contribution in [0.3, 0.4) is 0 Å². The van der Waals surface area contributed by atoms with Crippen LogP contribution < -0.4 is 0 Å². The molecule has 9 nitrogen and oxygen atoms in total. The summed E-state index contributed by atoms with van der Waals surface area (Å²) >= 11 is 3.26. The lowest BCUT2D eigenvalue weighted by atomic mass is 9.97. The van der Waals surface area contributed by atoms with Crippen LogP contribution in [0, 0.1) is 0 Å². The molecule has 0 aromatic heterocycles. The number of hydrogen-bond acceptors (Lipinski definition) is 8. The molecule has 0 spiro atoms. The third-order valence-electron chi connectivity index (χ3n) is 6.95. The molecule has 1 saturated heterocycles. The third-order valence-corrected chi connectivity index (χ3v) is 7.80. The zero-order valence-electron chi connectivity index (χ0n) is 21.9. The van der Waals surface area contributed by atoms with Crippen molar-refractivity contribution in [2.45, 2.75) is 88.2 Å². The lowest BCUT2D eigenvalue weighted by Crippen LogP contribution is -2.56. The van der Waals surface area contributed by atoms with E-state index in [0.29, 0.717) is 12.8 Å². The monoisotopic (exact) mass is 595 g/mol. The van der Waals surface area contributed by atoms with Crippen LogP contribution in [-0.4, -0.2) is 77.3 Å². The summed E-state index contributed by atoms with van der Waals surface area (Å²) in [7, 11) is 1.26. The third kappa shape index (κ3) is 7.95. The predicted molar refractivity (Wildman–Crippen MR) is 143 cm³/mol. The molecule has 3 rings (SSSR count). The summed E-state index contributed by atoms with van der Waals surface area (Å²) in [6.45, 7) is 0.266. The van der Waals surface area contributed by atoms with Gasteiger partial charge in [-0.05, 0) is 46.8 Å². The molecule has 4 unspecified atom stereocenters. The number of aliphatic hydroxyl groups excluding tert-OH is 1. The van der Waals surface area contributed by atoms with E-state index in [9.17, 15) is 19.5 Å². The SMILES string of the molecule is COC(C(=O)N1C(=O)OCC1Cc1ccccc1)C1OC(O)(CCCCCCCCCCO)C(Br)=CC1=O. The highest BCUT2D eigenvalue weighted by molar-refractivity contribution is 9.11. The normalized spacial score (nSPS) is 24.3. The number of aliphatic hydroxyl groups is 2. The summed E-state index contributed by atoms with van der Waals surface area (Å²) in [6.07, 6.45) is 5.83. The average Bonchev–Trinajstić information content (AvgIpc) is 3.26. The van der Waals surface area contributed by atoms with Crippen LogP contribution in [0.15, 0.2) is 40.9 Å². The number of ketones is 1. The maximum Gasteiger partial charge on any atom is 0.417 e. The zero-order valence-corrected chi connectivity index (χ0v) is 23.4. The second kappa shape index (κ2) is 14.9. The summed E-state index contributed by atoms with van der Waals surface area (Å²) < 4.78 is 16.6. The van der Waals surface area contributed by atoms with Crippen molar-refractivity contribution >= 4 is 33.7 Å². The number of cyclic esters (lactones) is 1. The lowest BCUT2D eigenvalue weighted by Gasteiger charge is -2.38. The van der Waals surface area contributed by atoms with Gasteiger partial charge in [0.25, 0.3) is 5.91 Å². The molecule has 0 bridgehead atoms. The Hall–Kier alpha value is -2.11. The number of rotatable bonds is 15. The van der Waals surface area contributed by atoms with Gasteiger partial charge in [-0.1, -0.05) is 68.9 Å². The van der Waals surface area contributed by atoms with E-state index in [1.165, 1.54) is 13.2 Å². The fourth-order valence-corrected chi connectivity index (χ4v) is 5.35. The van der Waals surface area contributed by atoms with E-state index in [4.69, 9.17) is 19.3 Å². The number of ether oxygens (including phenoxy) is 3. The highest BCUT2D eigenvalue weighted by Gasteiger charge is 2.50. The van der Waals surface area contributed by atoms with Crippen molar-refractivity contribution in [2.75, 3.05) is 20.3 Å². The minimum absolute atomic E-state index is 0.0339. The van der Waals surface area contributed by atoms with Gasteiger partial charge >= 0.3 is 6.09 Å². The van der Waals surface area contributed by atoms with Crippen molar-refractivity contribution in [1.82, 2.24) is 4.90 Å². The molecule has 210 valence electrons. The maximum absolute atomic E-state index is 13.5. The summed E-state index contributed by atoms with van der Waals surface area (Å²) in [6, 6.07) is 8.85. The van der Waals surface area contributed by atoms with Gasteiger partial charge in [0.1, 0.15) is 6.61 Å². The van der Waals surface area contributed by atoms with Gasteiger partial charge in [-0.2, -0.15) is 0 Å². The Labute approximate surface area is 232 Å². The Balaban J connectivity index is 1.61. The second-order valence-corrected chi connectivity index (χ2v) is 10.7. The maximum atomic E-state index is 13.5. The van der Waals surface area contributed by atoms with Crippen LogP contribution in [0.2, 0.25) is 0 Å². The molecule has 2 aliphatic heterocycles. The molecule has 0 saturated carbocycles. The molecular weight excluding hydrogens is 558 g/mol. The van der Waals surface area contributed by atoms with E-state index >= 15 is 0 Å². The molecule has 2 N–H and O–H groups in total. The number of carbonyl (C=O) groups excluding carboxylic acids is 3. The number of imide groups is 1. The largest absolute Gasteiger partial charge is 0.447 e. The standard InChI is InChI=1S/C28H38BrNO8/c1-36-25(26(33)30-21(19-37-27(30)34)17-20-13-9-8-10-14-20)24-22(32)18-23(29)28(35,38-24)15-11-6-4-2-3-5-7-12-16-31/h8-10,13-14,18,21,24-25,31,35H,2-7,11-12,15-17,19H2,1H3. The summed E-state index contributed by atoms with van der Waals surface area (Å²) in [4.78, 5) is 39.9. The Morgan fingerprint density at radius 1 is 1.11 bits per heavy atom. The van der Waals surface area contributed by atoms with Gasteiger partial charge in [0, 0.05) is 20.1 Å². The van der Waals surface area contributed by atoms with E-state index in [1.807, 2.05) is 30.3 Å². The lowest BCUT2D eigenvalue weighted by molar-refractivity contribution is -0.227. The van der Waals surface area contributed by atoms with Gasteiger partial charge in [-0.15, -0.1) is 0 Å². The molecule has 0 radical (unpaired) electrons. The first-order valence-corrected chi connectivity index (χ1v) is 14.1. The smallest absolute Gasteiger partial charge is 0.417 e. The molecule has 0 aliphatic carbocycles. The average molecular weight is 597 g/mol. The Morgan fingerprint density at radius 2 is 1.74 bits per heavy atom. The van der Waals surface area contributed by atoms with Crippen LogP contribution in [0.25, 0.3) is 0 Å². The molecule has 1 aromatic carbocycles. The molecular formula is C28H38BrNO8. The Morgan fingerprint density at radius 3 is 2.37 bits per heavy atom. The minimum Gasteiger partial charge on any atom is -0.447 e. The minimum atomic E-state index is -1.79. The van der Waals surface area contributed by atoms with Gasteiger partial charge in [-0.25, -0.2) is 9.69 Å². The van der Waals surface area contributed by atoms with Crippen molar-refractivity contribution in [3.8, 4) is 0 Å². The Bertz CT molecular complexity index is 971. The molecule has 4 atom stereocenters. The molecule has 38 heavy (non-hydrogen) atoms. The summed E-state index contributed by atoms with van der Waals surface area (Å²) in [5.74, 6) is -3.08. The van der Waals surface area contributed by atoms with E-state index in [0.717, 1.165) is 55.4 Å². The number of halogens is 1. The van der Waals surface area contributed by atoms with E-state index in [-0.39, 0.29) is 24.1 Å². The number of unbranched alkanes of at least 4 members (excludes halogenated alkanes) is 7. The molecule has 10 heteroatoms. The van der Waals surface area contributed by atoms with Crippen molar-refractivity contribution in [1.29, 1.82) is 0 Å². The molecule has 2 amide bonds. The van der Waals surface area contributed by atoms with Crippen molar-refractivity contribution in [3.05, 3.63) is 46.5 Å². The second-order valence-electron chi connectivity index (χ2n) is 9.80. The first-order valence-electron chi connectivity index (χ1n) is 13.3. The van der Waals surface area contributed by atoms with Crippen LogP contribution in [0.1, 0.15) is 63.4 Å². The van der Waals surface area contributed by atoms with E-state index < -0.39 is 41.8 Å². The summed E-state index contributed by atoms with van der Waals surface area (Å²) in [5, 5.41) is 20.1. The molecule has 2 heterocycles. The molecule has 2 aliphatic rings. The van der Waals surface area contributed by atoms with Crippen LogP contribution in [-0.2, 0) is 30.2 Å². The van der Waals surface area contributed by atoms with E-state index in [1.54, 1.807) is 0 Å². The van der Waals surface area contributed by atoms with Gasteiger partial charge < -0.3 is 24.4 Å². The van der Waals surface area contributed by atoms with Crippen molar-refractivity contribution in [3.63, 3.8) is 0 Å². The van der Waals surface area contributed by atoms with Gasteiger partial charge in [0.2, 0.25) is 0 Å². The number of nitrogens with zero attached hydrogens (tertiary/aromatic N) is 1. The first kappa shape index (κ1) is 30.4. The topological polar surface area (TPSA) is 123 Å². The van der Waals surface area contributed by atoms with Crippen molar-refractivity contribution < 1.29 is 38.8 Å². The van der Waals surface area contributed by atoms with Crippen molar-refractivity contribution in [2.24, 2.45) is 0 Å². The highest BCUT2D eigenvalue weighted by atomic mass is 79.9. The quantitative estimate of drug-likeness (QED) is 0.291. The van der Waals surface area contributed by atoms with Crippen LogP contribution >= 0.6 is 15.9 Å². The van der Waals surface area contributed by atoms with Gasteiger partial charge in [0.05, 0.1) is 10.5 Å². The zero-order chi connectivity index (χ0) is 27.5. The fraction of sp³-hybridized carbons (Fsp3) is 0.607. The Kier molecular flexibility index (Phi) is 11.9. The molecule has 1 fully saturated rings. The van der Waals surface area contributed by atoms with Crippen LogP contribution in [0.5, 0.6) is 0 Å². The fourth-order valence-electron chi connectivity index (χ4n) is 4.83. The van der Waals surface area contributed by atoms with Crippen LogP contribution in [0.4, 0.5) is 4.79 Å². The number of benzene rings is 1. The molecule has 1 aromatic rings. The first-order chi connectivity index (χ1) is 18.3. The van der Waals surface area contributed by atoms with Gasteiger partial charge in [-0.3, -0.25) is 9.59 Å². The number of methoxy groups -OCH3 is 1. The highest BCUT2D eigenvalue weighted by Crippen LogP contribution is 2.36. The predicted octanol–water partition coefficient (Wildman–Crippen LogP) is 4.03.